The molecule has 98 valence electrons. The van der Waals surface area contributed by atoms with Crippen LogP contribution in [0.5, 0.6) is 0 Å². The molecule has 0 saturated heterocycles. The van der Waals surface area contributed by atoms with E-state index < -0.39 is 5.51 Å². The second-order valence-corrected chi connectivity index (χ2v) is 5.26. The Kier molecular flexibility index (Phi) is 3.27. The zero-order valence-corrected chi connectivity index (χ0v) is 10.9. The van der Waals surface area contributed by atoms with E-state index in [0.717, 1.165) is 0 Å². The minimum Gasteiger partial charge on any atom is -0.291 e. The van der Waals surface area contributed by atoms with Crippen molar-refractivity contribution in [2.45, 2.75) is 37.2 Å². The highest BCUT2D eigenvalue weighted by atomic mass is 32.2. The first-order valence-corrected chi connectivity index (χ1v) is 6.20. The molecule has 0 fully saturated rings. The molecule has 2 rings (SSSR count). The average molecular weight is 275 g/mol. The summed E-state index contributed by atoms with van der Waals surface area (Å²) in [5.74, 6) is 0.110. The topological polar surface area (TPSA) is 30.2 Å². The average Bonchev–Trinajstić information content (AvgIpc) is 2.53. The normalized spacial score (nSPS) is 12.6. The van der Waals surface area contributed by atoms with Crippen molar-refractivity contribution in [2.24, 2.45) is 0 Å². The molecule has 0 radical (unpaired) electrons. The van der Waals surface area contributed by atoms with Crippen molar-refractivity contribution in [2.75, 3.05) is 0 Å². The van der Waals surface area contributed by atoms with Crippen LogP contribution in [0.2, 0.25) is 0 Å². The lowest BCUT2D eigenvalue weighted by molar-refractivity contribution is -0.0330. The Bertz CT molecular complexity index is 575. The number of rotatable bonds is 2. The molecule has 0 unspecified atom stereocenters. The molecule has 2 aromatic heterocycles. The van der Waals surface area contributed by atoms with Gasteiger partial charge in [0.2, 0.25) is 0 Å². The number of nitrogens with zero attached hydrogens (tertiary/aromatic N) is 3. The van der Waals surface area contributed by atoms with E-state index in [4.69, 9.17) is 0 Å². The highest BCUT2D eigenvalue weighted by Crippen LogP contribution is 2.39. The molecule has 0 spiro atoms. The van der Waals surface area contributed by atoms with E-state index in [2.05, 4.69) is 9.97 Å². The summed E-state index contributed by atoms with van der Waals surface area (Å²) in [6.45, 7) is 5.44. The molecule has 0 N–H and O–H groups in total. The van der Waals surface area contributed by atoms with E-state index in [1.165, 1.54) is 16.8 Å². The van der Waals surface area contributed by atoms with Gasteiger partial charge >= 0.3 is 5.51 Å². The zero-order valence-electron chi connectivity index (χ0n) is 10.1. The predicted octanol–water partition coefficient (Wildman–Crippen LogP) is 3.77. The molecule has 2 heterocycles. The summed E-state index contributed by atoms with van der Waals surface area (Å²) in [6, 6.07) is 0. The summed E-state index contributed by atoms with van der Waals surface area (Å²) in [6.07, 6.45) is 3.01. The van der Waals surface area contributed by atoms with Crippen LogP contribution in [0.3, 0.4) is 0 Å². The SMILES string of the molecule is Cc1nc2c(C(C)C)nccn2c1SC(F)(F)F. The molecular weight excluding hydrogens is 263 g/mol. The van der Waals surface area contributed by atoms with Gasteiger partial charge in [0.1, 0.15) is 5.03 Å². The van der Waals surface area contributed by atoms with E-state index in [1.54, 1.807) is 6.92 Å². The number of imidazole rings is 1. The van der Waals surface area contributed by atoms with Crippen LogP contribution >= 0.6 is 11.8 Å². The highest BCUT2D eigenvalue weighted by molar-refractivity contribution is 8.00. The summed E-state index contributed by atoms with van der Waals surface area (Å²) < 4.78 is 38.9. The molecule has 3 nitrogen and oxygen atoms in total. The van der Waals surface area contributed by atoms with Crippen molar-refractivity contribution < 1.29 is 13.2 Å². The summed E-state index contributed by atoms with van der Waals surface area (Å²) >= 11 is -0.143. The molecule has 0 bridgehead atoms. The lowest BCUT2D eigenvalue weighted by Crippen LogP contribution is -2.03. The summed E-state index contributed by atoms with van der Waals surface area (Å²) in [7, 11) is 0. The van der Waals surface area contributed by atoms with Gasteiger partial charge in [-0.15, -0.1) is 0 Å². The van der Waals surface area contributed by atoms with Crippen LogP contribution in [0.1, 0.15) is 31.2 Å². The van der Waals surface area contributed by atoms with Gasteiger partial charge in [-0.2, -0.15) is 13.2 Å². The highest BCUT2D eigenvalue weighted by Gasteiger charge is 2.32. The van der Waals surface area contributed by atoms with Gasteiger partial charge in [0.15, 0.2) is 5.65 Å². The molecule has 0 saturated carbocycles. The zero-order chi connectivity index (χ0) is 13.5. The largest absolute Gasteiger partial charge is 0.447 e. The van der Waals surface area contributed by atoms with Crippen LogP contribution in [-0.4, -0.2) is 19.9 Å². The van der Waals surface area contributed by atoms with E-state index in [0.29, 0.717) is 17.0 Å². The molecule has 0 aliphatic heterocycles. The third-order valence-electron chi connectivity index (χ3n) is 2.45. The van der Waals surface area contributed by atoms with Crippen LogP contribution in [-0.2, 0) is 0 Å². The maximum atomic E-state index is 12.5. The van der Waals surface area contributed by atoms with Gasteiger partial charge in [0.25, 0.3) is 0 Å². The van der Waals surface area contributed by atoms with Crippen LogP contribution in [0, 0.1) is 6.92 Å². The smallest absolute Gasteiger partial charge is 0.291 e. The fourth-order valence-corrected chi connectivity index (χ4v) is 2.39. The minimum absolute atomic E-state index is 0.0989. The Morgan fingerprint density at radius 1 is 1.33 bits per heavy atom. The van der Waals surface area contributed by atoms with E-state index in [1.807, 2.05) is 13.8 Å². The summed E-state index contributed by atoms with van der Waals surface area (Å²) in [4.78, 5) is 8.38. The molecule has 18 heavy (non-hydrogen) atoms. The number of hydrogen-bond donors (Lipinski definition) is 0. The van der Waals surface area contributed by atoms with Crippen molar-refractivity contribution in [1.29, 1.82) is 0 Å². The number of halogens is 3. The quantitative estimate of drug-likeness (QED) is 0.781. The lowest BCUT2D eigenvalue weighted by atomic mass is 10.1. The Morgan fingerprint density at radius 2 is 2.00 bits per heavy atom. The molecule has 0 aromatic carbocycles. The second-order valence-electron chi connectivity index (χ2n) is 4.21. The van der Waals surface area contributed by atoms with Gasteiger partial charge in [-0.3, -0.25) is 9.38 Å². The molecular formula is C11H12F3N3S. The Hall–Kier alpha value is -1.24. The van der Waals surface area contributed by atoms with Crippen molar-refractivity contribution in [3.8, 4) is 0 Å². The lowest BCUT2D eigenvalue weighted by Gasteiger charge is -2.08. The first-order valence-electron chi connectivity index (χ1n) is 5.39. The van der Waals surface area contributed by atoms with E-state index >= 15 is 0 Å². The number of alkyl halides is 3. The first-order chi connectivity index (χ1) is 8.29. The Labute approximate surface area is 106 Å². The molecule has 0 aliphatic rings. The Morgan fingerprint density at radius 3 is 2.56 bits per heavy atom. The third-order valence-corrected chi connectivity index (χ3v) is 3.36. The standard InChI is InChI=1S/C11H12F3N3S/c1-6(2)8-9-16-7(3)10(18-11(12,13)14)17(9)5-4-15-8/h4-6H,1-3H3. The van der Waals surface area contributed by atoms with E-state index in [9.17, 15) is 13.2 Å². The molecule has 0 atom stereocenters. The van der Waals surface area contributed by atoms with Crippen molar-refractivity contribution in [3.05, 3.63) is 23.8 Å². The summed E-state index contributed by atoms with van der Waals surface area (Å²) in [5.41, 5.74) is -2.75. The minimum atomic E-state index is -4.32. The number of aromatic nitrogens is 3. The van der Waals surface area contributed by atoms with Gasteiger partial charge in [-0.05, 0) is 12.8 Å². The van der Waals surface area contributed by atoms with Crippen LogP contribution in [0.15, 0.2) is 17.4 Å². The maximum absolute atomic E-state index is 12.5. The van der Waals surface area contributed by atoms with Gasteiger partial charge in [0.05, 0.1) is 11.4 Å². The van der Waals surface area contributed by atoms with Gasteiger partial charge in [0, 0.05) is 24.2 Å². The molecule has 2 aromatic rings. The maximum Gasteiger partial charge on any atom is 0.447 e. The van der Waals surface area contributed by atoms with Crippen LogP contribution < -0.4 is 0 Å². The third kappa shape index (κ3) is 2.45. The van der Waals surface area contributed by atoms with Crippen LogP contribution in [0.4, 0.5) is 13.2 Å². The first kappa shape index (κ1) is 13.2. The fraction of sp³-hybridized carbons (Fsp3) is 0.455. The van der Waals surface area contributed by atoms with Crippen molar-refractivity contribution >= 4 is 17.4 Å². The number of thioether (sulfide) groups is 1. The predicted molar refractivity (Wildman–Crippen MR) is 63.7 cm³/mol. The van der Waals surface area contributed by atoms with Crippen molar-refractivity contribution in [1.82, 2.24) is 14.4 Å². The Balaban J connectivity index is 2.62. The van der Waals surface area contributed by atoms with E-state index in [-0.39, 0.29) is 22.7 Å². The molecule has 0 aliphatic carbocycles. The fourth-order valence-electron chi connectivity index (χ4n) is 1.73. The number of hydrogen-bond acceptors (Lipinski definition) is 3. The monoisotopic (exact) mass is 275 g/mol. The summed E-state index contributed by atoms with van der Waals surface area (Å²) in [5, 5.41) is 0.0989. The van der Waals surface area contributed by atoms with Gasteiger partial charge in [-0.25, -0.2) is 4.98 Å². The number of aryl methyl sites for hydroxylation is 1. The second kappa shape index (κ2) is 4.46. The molecule has 0 amide bonds. The van der Waals surface area contributed by atoms with Crippen LogP contribution in [0.25, 0.3) is 5.65 Å². The van der Waals surface area contributed by atoms with Gasteiger partial charge < -0.3 is 0 Å². The number of fused-ring (bicyclic) bond motifs is 1. The van der Waals surface area contributed by atoms with Crippen molar-refractivity contribution in [3.63, 3.8) is 0 Å². The van der Waals surface area contributed by atoms with Gasteiger partial charge in [-0.1, -0.05) is 13.8 Å². The molecule has 7 heteroatoms.